The second kappa shape index (κ2) is 6.25. The molecule has 1 rings (SSSR count). The van der Waals surface area contributed by atoms with Crippen molar-refractivity contribution in [3.63, 3.8) is 0 Å². The molecule has 0 fully saturated rings. The molecule has 2 nitrogen and oxygen atoms in total. The summed E-state index contributed by atoms with van der Waals surface area (Å²) >= 11 is 0. The highest BCUT2D eigenvalue weighted by Crippen LogP contribution is 1.98. The highest BCUT2D eigenvalue weighted by Gasteiger charge is 1.96. The minimum atomic E-state index is 0. The fraction of sp³-hybridized carbons (Fsp3) is 0.500. The average molecular weight is 175 g/mol. The molecule has 0 bridgehead atoms. The first-order valence-corrected chi connectivity index (χ1v) is 3.71. The SMILES string of the molecule is Cl.NCCCN1C=CC=CC1. The van der Waals surface area contributed by atoms with Crippen LogP contribution in [0.3, 0.4) is 0 Å². The van der Waals surface area contributed by atoms with Gasteiger partial charge in [-0.25, -0.2) is 0 Å². The fourth-order valence-corrected chi connectivity index (χ4v) is 0.967. The Labute approximate surface area is 74.2 Å². The number of rotatable bonds is 3. The maximum atomic E-state index is 5.38. The van der Waals surface area contributed by atoms with Crippen LogP contribution in [0.1, 0.15) is 6.42 Å². The quantitative estimate of drug-likeness (QED) is 0.696. The lowest BCUT2D eigenvalue weighted by atomic mass is 10.3. The van der Waals surface area contributed by atoms with Crippen LogP contribution >= 0.6 is 12.4 Å². The Kier molecular flexibility index (Phi) is 5.99. The maximum Gasteiger partial charge on any atom is 0.0357 e. The van der Waals surface area contributed by atoms with Crippen LogP contribution in [0.2, 0.25) is 0 Å². The zero-order chi connectivity index (χ0) is 7.23. The molecule has 0 aliphatic carbocycles. The third-order valence-corrected chi connectivity index (χ3v) is 1.53. The van der Waals surface area contributed by atoms with Crippen molar-refractivity contribution in [1.82, 2.24) is 4.90 Å². The first-order chi connectivity index (χ1) is 4.93. The van der Waals surface area contributed by atoms with E-state index in [2.05, 4.69) is 29.3 Å². The van der Waals surface area contributed by atoms with Crippen LogP contribution in [0.5, 0.6) is 0 Å². The molecule has 0 aromatic heterocycles. The number of halogens is 1. The molecule has 0 amide bonds. The molecule has 0 aromatic rings. The Morgan fingerprint density at radius 2 is 2.18 bits per heavy atom. The standard InChI is InChI=1S/C8H14N2.ClH/c9-5-4-8-10-6-2-1-3-7-10;/h1-3,6H,4-5,7-9H2;1H. The van der Waals surface area contributed by atoms with E-state index in [0.717, 1.165) is 26.1 Å². The van der Waals surface area contributed by atoms with Gasteiger partial charge >= 0.3 is 0 Å². The van der Waals surface area contributed by atoms with Gasteiger partial charge in [-0.1, -0.05) is 12.2 Å². The van der Waals surface area contributed by atoms with Gasteiger partial charge in [0.25, 0.3) is 0 Å². The van der Waals surface area contributed by atoms with Gasteiger partial charge in [-0.05, 0) is 25.2 Å². The summed E-state index contributed by atoms with van der Waals surface area (Å²) in [6.07, 6.45) is 9.46. The second-order valence-electron chi connectivity index (χ2n) is 2.41. The molecule has 1 heterocycles. The van der Waals surface area contributed by atoms with E-state index in [9.17, 15) is 0 Å². The van der Waals surface area contributed by atoms with Crippen molar-refractivity contribution >= 4 is 12.4 Å². The Balaban J connectivity index is 0.000001000. The summed E-state index contributed by atoms with van der Waals surface area (Å²) in [5.41, 5.74) is 5.38. The van der Waals surface area contributed by atoms with Crippen LogP contribution in [0.25, 0.3) is 0 Å². The number of nitrogens with two attached hydrogens (primary N) is 1. The van der Waals surface area contributed by atoms with Crippen molar-refractivity contribution in [2.75, 3.05) is 19.6 Å². The van der Waals surface area contributed by atoms with Gasteiger partial charge in [-0.15, -0.1) is 12.4 Å². The Morgan fingerprint density at radius 3 is 2.73 bits per heavy atom. The third kappa shape index (κ3) is 4.06. The van der Waals surface area contributed by atoms with Gasteiger partial charge in [0.1, 0.15) is 0 Å². The summed E-state index contributed by atoms with van der Waals surface area (Å²) in [5, 5.41) is 0. The molecule has 0 spiro atoms. The van der Waals surface area contributed by atoms with Gasteiger partial charge in [-0.2, -0.15) is 0 Å². The highest BCUT2D eigenvalue weighted by molar-refractivity contribution is 5.85. The highest BCUT2D eigenvalue weighted by atomic mass is 35.5. The van der Waals surface area contributed by atoms with E-state index in [-0.39, 0.29) is 12.4 Å². The van der Waals surface area contributed by atoms with Crippen LogP contribution in [0, 0.1) is 0 Å². The number of nitrogens with zero attached hydrogens (tertiary/aromatic N) is 1. The van der Waals surface area contributed by atoms with E-state index >= 15 is 0 Å². The number of allylic oxidation sites excluding steroid dienone is 2. The summed E-state index contributed by atoms with van der Waals surface area (Å²) in [5.74, 6) is 0. The zero-order valence-electron chi connectivity index (χ0n) is 6.57. The van der Waals surface area contributed by atoms with Crippen LogP contribution in [-0.4, -0.2) is 24.5 Å². The monoisotopic (exact) mass is 174 g/mol. The molecule has 0 radical (unpaired) electrons. The lowest BCUT2D eigenvalue weighted by Gasteiger charge is -2.19. The van der Waals surface area contributed by atoms with Crippen molar-refractivity contribution < 1.29 is 0 Å². The largest absolute Gasteiger partial charge is 0.374 e. The van der Waals surface area contributed by atoms with Gasteiger partial charge in [0.2, 0.25) is 0 Å². The smallest absolute Gasteiger partial charge is 0.0357 e. The molecule has 0 aromatic carbocycles. The molecule has 0 saturated heterocycles. The molecule has 1 aliphatic heterocycles. The van der Waals surface area contributed by atoms with E-state index in [1.165, 1.54) is 0 Å². The minimum Gasteiger partial charge on any atom is -0.374 e. The van der Waals surface area contributed by atoms with Crippen LogP contribution in [0.15, 0.2) is 24.4 Å². The molecule has 2 N–H and O–H groups in total. The Bertz CT molecular complexity index is 143. The molecule has 1 aliphatic rings. The van der Waals surface area contributed by atoms with Crippen molar-refractivity contribution in [3.05, 3.63) is 24.4 Å². The van der Waals surface area contributed by atoms with Crippen LogP contribution in [0.4, 0.5) is 0 Å². The molecular weight excluding hydrogens is 160 g/mol. The molecule has 0 atom stereocenters. The van der Waals surface area contributed by atoms with Gasteiger partial charge < -0.3 is 10.6 Å². The molecular formula is C8H15ClN2. The predicted octanol–water partition coefficient (Wildman–Crippen LogP) is 1.14. The lowest BCUT2D eigenvalue weighted by Crippen LogP contribution is -2.21. The van der Waals surface area contributed by atoms with Crippen LogP contribution in [-0.2, 0) is 0 Å². The number of hydrogen-bond donors (Lipinski definition) is 1. The third-order valence-electron chi connectivity index (χ3n) is 1.53. The maximum absolute atomic E-state index is 5.38. The van der Waals surface area contributed by atoms with E-state index < -0.39 is 0 Å². The van der Waals surface area contributed by atoms with E-state index in [4.69, 9.17) is 5.73 Å². The zero-order valence-corrected chi connectivity index (χ0v) is 7.39. The van der Waals surface area contributed by atoms with Crippen LogP contribution < -0.4 is 5.73 Å². The molecule has 11 heavy (non-hydrogen) atoms. The van der Waals surface area contributed by atoms with Crippen molar-refractivity contribution in [1.29, 1.82) is 0 Å². The minimum absolute atomic E-state index is 0. The number of hydrogen-bond acceptors (Lipinski definition) is 2. The summed E-state index contributed by atoms with van der Waals surface area (Å²) in [7, 11) is 0. The predicted molar refractivity (Wildman–Crippen MR) is 50.8 cm³/mol. The lowest BCUT2D eigenvalue weighted by molar-refractivity contribution is 0.406. The van der Waals surface area contributed by atoms with Gasteiger partial charge in [-0.3, -0.25) is 0 Å². The average Bonchev–Trinajstić information content (AvgIpc) is 2.03. The van der Waals surface area contributed by atoms with E-state index in [1.54, 1.807) is 0 Å². The molecule has 64 valence electrons. The normalized spacial score (nSPS) is 14.8. The van der Waals surface area contributed by atoms with E-state index in [0.29, 0.717) is 0 Å². The molecule has 0 saturated carbocycles. The second-order valence-corrected chi connectivity index (χ2v) is 2.41. The molecule has 3 heteroatoms. The first-order valence-electron chi connectivity index (χ1n) is 3.71. The Hall–Kier alpha value is -0.470. The van der Waals surface area contributed by atoms with Gasteiger partial charge in [0.05, 0.1) is 0 Å². The van der Waals surface area contributed by atoms with Gasteiger partial charge in [0, 0.05) is 13.1 Å². The summed E-state index contributed by atoms with van der Waals surface area (Å²) < 4.78 is 0. The first kappa shape index (κ1) is 10.5. The summed E-state index contributed by atoms with van der Waals surface area (Å²) in [6, 6.07) is 0. The Morgan fingerprint density at radius 1 is 1.36 bits per heavy atom. The summed E-state index contributed by atoms with van der Waals surface area (Å²) in [4.78, 5) is 2.26. The van der Waals surface area contributed by atoms with Crippen molar-refractivity contribution in [2.24, 2.45) is 5.73 Å². The molecule has 0 unspecified atom stereocenters. The van der Waals surface area contributed by atoms with Crippen molar-refractivity contribution in [2.45, 2.75) is 6.42 Å². The fourth-order valence-electron chi connectivity index (χ4n) is 0.967. The topological polar surface area (TPSA) is 29.3 Å². The summed E-state index contributed by atoms with van der Waals surface area (Å²) in [6.45, 7) is 2.90. The van der Waals surface area contributed by atoms with Crippen molar-refractivity contribution in [3.8, 4) is 0 Å². The van der Waals surface area contributed by atoms with E-state index in [1.807, 2.05) is 0 Å². The van der Waals surface area contributed by atoms with Gasteiger partial charge in [0.15, 0.2) is 0 Å².